The van der Waals surface area contributed by atoms with Crippen molar-refractivity contribution in [3.63, 3.8) is 0 Å². The summed E-state index contributed by atoms with van der Waals surface area (Å²) < 4.78 is 0. The Balaban J connectivity index is 1.94. The second-order valence-electron chi connectivity index (χ2n) is 5.01. The number of hydrogen-bond donors (Lipinski definition) is 2. The molecule has 0 unspecified atom stereocenters. The van der Waals surface area contributed by atoms with E-state index >= 15 is 0 Å². The van der Waals surface area contributed by atoms with Crippen molar-refractivity contribution >= 4 is 28.6 Å². The molecule has 0 bridgehead atoms. The Kier molecular flexibility index (Phi) is 4.01. The lowest BCUT2D eigenvalue weighted by Gasteiger charge is -2.22. The smallest absolute Gasteiger partial charge is 0.224 e. The van der Waals surface area contributed by atoms with E-state index in [1.165, 1.54) is 0 Å². The normalized spacial score (nSPS) is 10.6. The fourth-order valence-corrected chi connectivity index (χ4v) is 2.31. The van der Waals surface area contributed by atoms with Gasteiger partial charge in [-0.1, -0.05) is 24.3 Å². The quantitative estimate of drug-likeness (QED) is 0.692. The fraction of sp³-hybridized carbons (Fsp3) is 0.125. The van der Waals surface area contributed by atoms with Crippen LogP contribution in [0.25, 0.3) is 11.2 Å². The summed E-state index contributed by atoms with van der Waals surface area (Å²) in [7, 11) is 0. The van der Waals surface area contributed by atoms with Crippen LogP contribution in [0.4, 0.5) is 17.5 Å². The van der Waals surface area contributed by atoms with Gasteiger partial charge in [-0.3, -0.25) is 0 Å². The highest BCUT2D eigenvalue weighted by atomic mass is 15.1. The molecule has 0 aliphatic heterocycles. The van der Waals surface area contributed by atoms with Crippen LogP contribution in [0.15, 0.2) is 49.2 Å². The average molecular weight is 307 g/mol. The van der Waals surface area contributed by atoms with Crippen LogP contribution in [0.3, 0.4) is 0 Å². The van der Waals surface area contributed by atoms with E-state index in [-0.39, 0.29) is 11.8 Å². The van der Waals surface area contributed by atoms with Crippen molar-refractivity contribution in [3.05, 3.63) is 54.9 Å². The highest BCUT2D eigenvalue weighted by Gasteiger charge is 2.11. The molecule has 1 aromatic carbocycles. The molecule has 0 radical (unpaired) electrons. The van der Waals surface area contributed by atoms with Gasteiger partial charge in [0.25, 0.3) is 0 Å². The largest absolute Gasteiger partial charge is 0.382 e. The third-order valence-corrected chi connectivity index (χ3v) is 3.32. The number of hydrogen-bond acceptors (Lipinski definition) is 7. The third kappa shape index (κ3) is 3.18. The van der Waals surface area contributed by atoms with Gasteiger partial charge in [-0.15, -0.1) is 6.58 Å². The van der Waals surface area contributed by atoms with Crippen LogP contribution in [-0.2, 0) is 6.54 Å². The number of aromatic nitrogens is 4. The Morgan fingerprint density at radius 2 is 1.87 bits per heavy atom. The zero-order valence-electron chi connectivity index (χ0n) is 12.6. The van der Waals surface area contributed by atoms with E-state index < -0.39 is 0 Å². The second kappa shape index (κ2) is 6.27. The first-order valence-corrected chi connectivity index (χ1v) is 7.13. The van der Waals surface area contributed by atoms with Crippen LogP contribution in [-0.4, -0.2) is 26.5 Å². The van der Waals surface area contributed by atoms with Gasteiger partial charge in [0.05, 0.1) is 18.4 Å². The van der Waals surface area contributed by atoms with E-state index in [9.17, 15) is 0 Å². The molecule has 0 spiro atoms. The summed E-state index contributed by atoms with van der Waals surface area (Å²) in [6.45, 7) is 5.07. The number of anilines is 3. The van der Waals surface area contributed by atoms with E-state index in [1.807, 2.05) is 36.4 Å². The zero-order valence-corrected chi connectivity index (χ0v) is 12.6. The predicted molar refractivity (Wildman–Crippen MR) is 91.6 cm³/mol. The summed E-state index contributed by atoms with van der Waals surface area (Å²) in [5.41, 5.74) is 14.1. The van der Waals surface area contributed by atoms with Gasteiger partial charge >= 0.3 is 0 Å². The first kappa shape index (κ1) is 14.7. The maximum absolute atomic E-state index is 5.86. The number of benzene rings is 1. The summed E-state index contributed by atoms with van der Waals surface area (Å²) in [6, 6.07) is 10.0. The van der Waals surface area contributed by atoms with Gasteiger partial charge in [0, 0.05) is 12.2 Å². The Hall–Kier alpha value is -3.22. The van der Waals surface area contributed by atoms with Gasteiger partial charge in [0.1, 0.15) is 0 Å². The third-order valence-electron chi connectivity index (χ3n) is 3.32. The van der Waals surface area contributed by atoms with Gasteiger partial charge in [0.15, 0.2) is 17.0 Å². The fourth-order valence-electron chi connectivity index (χ4n) is 2.31. The van der Waals surface area contributed by atoms with Crippen LogP contribution in [0, 0.1) is 0 Å². The molecule has 3 rings (SSSR count). The van der Waals surface area contributed by atoms with Crippen molar-refractivity contribution in [1.29, 1.82) is 0 Å². The molecule has 116 valence electrons. The van der Waals surface area contributed by atoms with E-state index in [0.717, 1.165) is 11.4 Å². The van der Waals surface area contributed by atoms with Crippen molar-refractivity contribution in [3.8, 4) is 0 Å². The highest BCUT2D eigenvalue weighted by molar-refractivity contribution is 5.81. The summed E-state index contributed by atoms with van der Waals surface area (Å²) >= 11 is 0. The number of fused-ring (bicyclic) bond motifs is 1. The van der Waals surface area contributed by atoms with E-state index in [0.29, 0.717) is 24.3 Å². The molecule has 0 saturated carbocycles. The lowest BCUT2D eigenvalue weighted by molar-refractivity contribution is 0.838. The molecule has 0 amide bonds. The van der Waals surface area contributed by atoms with Gasteiger partial charge in [-0.05, 0) is 12.1 Å². The minimum Gasteiger partial charge on any atom is -0.382 e. The molecule has 7 heteroatoms. The highest BCUT2D eigenvalue weighted by Crippen LogP contribution is 2.18. The molecule has 4 N–H and O–H groups in total. The lowest BCUT2D eigenvalue weighted by Crippen LogP contribution is -2.23. The molecular formula is C16H17N7. The van der Waals surface area contributed by atoms with Crippen molar-refractivity contribution in [1.82, 2.24) is 19.9 Å². The Morgan fingerprint density at radius 1 is 1.09 bits per heavy atom. The number of nitrogens with zero attached hydrogens (tertiary/aromatic N) is 5. The van der Waals surface area contributed by atoms with Crippen LogP contribution in [0.2, 0.25) is 0 Å². The molecular weight excluding hydrogens is 290 g/mol. The maximum Gasteiger partial charge on any atom is 0.224 e. The number of para-hydroxylation sites is 1. The Bertz CT molecular complexity index is 832. The number of nitrogen functional groups attached to an aromatic ring is 2. The molecule has 2 aromatic heterocycles. The number of nitrogens with two attached hydrogens (primary N) is 2. The van der Waals surface area contributed by atoms with E-state index in [1.54, 1.807) is 6.20 Å². The number of rotatable bonds is 5. The molecule has 0 saturated heterocycles. The lowest BCUT2D eigenvalue weighted by atomic mass is 10.2. The molecule has 2 heterocycles. The molecule has 7 nitrogen and oxygen atoms in total. The maximum atomic E-state index is 5.86. The monoisotopic (exact) mass is 307 g/mol. The van der Waals surface area contributed by atoms with Gasteiger partial charge in [-0.2, -0.15) is 9.97 Å². The van der Waals surface area contributed by atoms with Crippen molar-refractivity contribution in [2.24, 2.45) is 0 Å². The predicted octanol–water partition coefficient (Wildman–Crippen LogP) is 1.78. The van der Waals surface area contributed by atoms with Gasteiger partial charge < -0.3 is 16.4 Å². The van der Waals surface area contributed by atoms with Crippen LogP contribution < -0.4 is 16.4 Å². The minimum absolute atomic E-state index is 0.0922. The van der Waals surface area contributed by atoms with Crippen LogP contribution in [0.1, 0.15) is 5.69 Å². The summed E-state index contributed by atoms with van der Waals surface area (Å²) in [4.78, 5) is 18.9. The minimum atomic E-state index is 0.0922. The summed E-state index contributed by atoms with van der Waals surface area (Å²) in [6.07, 6.45) is 3.52. The van der Waals surface area contributed by atoms with Crippen LogP contribution in [0.5, 0.6) is 0 Å². The van der Waals surface area contributed by atoms with Crippen molar-refractivity contribution in [2.75, 3.05) is 22.9 Å². The zero-order chi connectivity index (χ0) is 16.2. The van der Waals surface area contributed by atoms with E-state index in [2.05, 4.69) is 31.4 Å². The van der Waals surface area contributed by atoms with E-state index in [4.69, 9.17) is 11.5 Å². The van der Waals surface area contributed by atoms with Gasteiger partial charge in [0.2, 0.25) is 5.95 Å². The Morgan fingerprint density at radius 3 is 2.61 bits per heavy atom. The van der Waals surface area contributed by atoms with Gasteiger partial charge in [-0.25, -0.2) is 9.97 Å². The summed E-state index contributed by atoms with van der Waals surface area (Å²) in [5, 5.41) is 0. The average Bonchev–Trinajstić information content (AvgIpc) is 2.56. The second-order valence-corrected chi connectivity index (χ2v) is 5.01. The SMILES string of the molecule is C=CCN(Cc1cnc2nc(N)nc(N)c2n1)c1ccccc1. The molecule has 3 aromatic rings. The van der Waals surface area contributed by atoms with Crippen molar-refractivity contribution in [2.45, 2.75) is 6.54 Å². The summed E-state index contributed by atoms with van der Waals surface area (Å²) in [5.74, 6) is 0.325. The Labute approximate surface area is 133 Å². The van der Waals surface area contributed by atoms with Crippen LogP contribution >= 0.6 is 0 Å². The van der Waals surface area contributed by atoms with Crippen molar-refractivity contribution < 1.29 is 0 Å². The molecule has 23 heavy (non-hydrogen) atoms. The standard InChI is InChI=1S/C16H17N7/c1-2-8-23(12-6-4-3-5-7-12)10-11-9-19-15-13(20-11)14(17)21-16(18)22-15/h2-7,9H,1,8,10H2,(H4,17,18,19,21,22). The molecule has 0 aliphatic carbocycles. The topological polar surface area (TPSA) is 107 Å². The molecule has 0 atom stereocenters. The molecule has 0 aliphatic rings. The molecule has 0 fully saturated rings. The first-order chi connectivity index (χ1) is 11.2. The first-order valence-electron chi connectivity index (χ1n) is 7.13.